The summed E-state index contributed by atoms with van der Waals surface area (Å²) in [6.07, 6.45) is 9.92. The molecule has 3 heterocycles. The number of hydrogen-bond acceptors (Lipinski definition) is 3. The van der Waals surface area contributed by atoms with Crippen molar-refractivity contribution in [1.82, 2.24) is 15.0 Å². The number of benzene rings is 6. The van der Waals surface area contributed by atoms with E-state index in [0.717, 1.165) is 67.2 Å². The highest BCUT2D eigenvalue weighted by atomic mass is 14.7. The van der Waals surface area contributed by atoms with Gasteiger partial charge in [-0.05, 0) is 110 Å². The van der Waals surface area contributed by atoms with Crippen molar-refractivity contribution in [2.24, 2.45) is 0 Å². The van der Waals surface area contributed by atoms with E-state index in [1.807, 2.05) is 73.2 Å². The first-order valence-corrected chi connectivity index (χ1v) is 18.8. The van der Waals surface area contributed by atoms with Gasteiger partial charge in [0.05, 0.1) is 17.1 Å². The molecule has 0 aliphatic rings. The summed E-state index contributed by atoms with van der Waals surface area (Å²) in [5.41, 5.74) is 17.7. The van der Waals surface area contributed by atoms with Crippen LogP contribution in [0.3, 0.4) is 0 Å². The Morgan fingerprint density at radius 3 is 0.946 bits per heavy atom. The molecule has 3 nitrogen and oxygen atoms in total. The van der Waals surface area contributed by atoms with E-state index >= 15 is 0 Å². The Morgan fingerprint density at radius 1 is 0.250 bits per heavy atom. The minimum absolute atomic E-state index is 0.966. The molecule has 9 aromatic rings. The zero-order valence-corrected chi connectivity index (χ0v) is 30.7. The fraction of sp³-hybridized carbons (Fsp3) is 0. The van der Waals surface area contributed by atoms with Crippen LogP contribution < -0.4 is 0 Å². The van der Waals surface area contributed by atoms with Crippen LogP contribution in [0.1, 0.15) is 11.1 Å². The molecular formula is C53H37N3. The van der Waals surface area contributed by atoms with Gasteiger partial charge in [0.25, 0.3) is 0 Å². The van der Waals surface area contributed by atoms with Gasteiger partial charge < -0.3 is 0 Å². The molecule has 0 saturated heterocycles. The molecule has 0 saturated carbocycles. The Balaban J connectivity index is 1.13. The molecule has 9 rings (SSSR count). The average molecular weight is 716 g/mol. The first kappa shape index (κ1) is 34.3. The van der Waals surface area contributed by atoms with Gasteiger partial charge in [0, 0.05) is 35.3 Å². The second kappa shape index (κ2) is 15.9. The second-order valence-electron chi connectivity index (χ2n) is 13.7. The molecule has 0 fully saturated rings. The molecule has 0 amide bonds. The highest BCUT2D eigenvalue weighted by Gasteiger charge is 2.14. The van der Waals surface area contributed by atoms with Crippen LogP contribution in [0.2, 0.25) is 0 Å². The van der Waals surface area contributed by atoms with Gasteiger partial charge in [-0.25, -0.2) is 0 Å². The molecule has 3 aromatic heterocycles. The van der Waals surface area contributed by atoms with E-state index in [4.69, 9.17) is 0 Å². The standard InChI is InChI=1S/C53H37N3/c1-3-13-49(47(11-1)40-24-28-43(29-25-40)52-16-6-9-33-55-52)45-35-39(19-18-38-20-22-42(23-21-38)51-15-5-8-32-54-51)36-46(37-45)50-14-4-2-12-48(50)41-26-30-44(31-27-41)53-17-7-10-34-56-53/h1-37H/b19-18-. The van der Waals surface area contributed by atoms with Crippen molar-refractivity contribution >= 4 is 12.2 Å². The van der Waals surface area contributed by atoms with E-state index in [1.165, 1.54) is 22.3 Å². The van der Waals surface area contributed by atoms with Crippen molar-refractivity contribution in [3.05, 3.63) is 224 Å². The normalized spacial score (nSPS) is 11.1. The van der Waals surface area contributed by atoms with Crippen LogP contribution in [-0.4, -0.2) is 15.0 Å². The summed E-state index contributed by atoms with van der Waals surface area (Å²) in [6.45, 7) is 0. The van der Waals surface area contributed by atoms with Gasteiger partial charge in [-0.1, -0.05) is 152 Å². The zero-order chi connectivity index (χ0) is 37.5. The van der Waals surface area contributed by atoms with Crippen molar-refractivity contribution in [2.75, 3.05) is 0 Å². The molecule has 0 bridgehead atoms. The lowest BCUT2D eigenvalue weighted by Gasteiger charge is -2.16. The van der Waals surface area contributed by atoms with Gasteiger partial charge in [0.1, 0.15) is 0 Å². The summed E-state index contributed by atoms with van der Waals surface area (Å²) < 4.78 is 0. The van der Waals surface area contributed by atoms with E-state index < -0.39 is 0 Å². The predicted molar refractivity (Wildman–Crippen MR) is 233 cm³/mol. The van der Waals surface area contributed by atoms with Gasteiger partial charge in [-0.15, -0.1) is 0 Å². The molecule has 3 heteroatoms. The minimum Gasteiger partial charge on any atom is -0.256 e. The van der Waals surface area contributed by atoms with Crippen molar-refractivity contribution in [3.8, 4) is 78.3 Å². The first-order chi connectivity index (χ1) is 27.7. The Bertz CT molecular complexity index is 2590. The maximum atomic E-state index is 4.56. The van der Waals surface area contributed by atoms with Crippen LogP contribution in [0.4, 0.5) is 0 Å². The van der Waals surface area contributed by atoms with Crippen LogP contribution in [0.25, 0.3) is 90.4 Å². The third-order valence-electron chi connectivity index (χ3n) is 10.1. The summed E-state index contributed by atoms with van der Waals surface area (Å²) in [5.74, 6) is 0. The SMILES string of the molecule is C(=C/c1cc(-c2ccccc2-c2ccc(-c3ccccn3)cc2)cc(-c2ccccc2-c2ccc(-c3ccccn3)cc2)c1)/c1ccc(-c2ccccn2)cc1. The number of pyridine rings is 3. The van der Waals surface area contributed by atoms with Crippen LogP contribution in [0.5, 0.6) is 0 Å². The monoisotopic (exact) mass is 715 g/mol. The summed E-state index contributed by atoms with van der Waals surface area (Å²) in [5, 5.41) is 0. The van der Waals surface area contributed by atoms with Crippen molar-refractivity contribution in [1.29, 1.82) is 0 Å². The smallest absolute Gasteiger partial charge is 0.0701 e. The molecule has 0 N–H and O–H groups in total. The molecule has 0 aliphatic carbocycles. The lowest BCUT2D eigenvalue weighted by atomic mass is 9.88. The van der Waals surface area contributed by atoms with Crippen molar-refractivity contribution in [2.45, 2.75) is 0 Å². The number of hydrogen-bond donors (Lipinski definition) is 0. The Labute approximate surface area is 328 Å². The molecule has 0 atom stereocenters. The quantitative estimate of drug-likeness (QED) is 0.140. The zero-order valence-electron chi connectivity index (χ0n) is 30.7. The first-order valence-electron chi connectivity index (χ1n) is 18.8. The largest absolute Gasteiger partial charge is 0.256 e. The number of rotatable bonds is 9. The summed E-state index contributed by atoms with van der Waals surface area (Å²) >= 11 is 0. The average Bonchev–Trinajstić information content (AvgIpc) is 3.29. The van der Waals surface area contributed by atoms with Gasteiger partial charge in [-0.3, -0.25) is 15.0 Å². The fourth-order valence-corrected chi connectivity index (χ4v) is 7.23. The van der Waals surface area contributed by atoms with E-state index in [-0.39, 0.29) is 0 Å². The molecule has 6 aromatic carbocycles. The van der Waals surface area contributed by atoms with Crippen LogP contribution in [-0.2, 0) is 0 Å². The van der Waals surface area contributed by atoms with Gasteiger partial charge >= 0.3 is 0 Å². The third-order valence-corrected chi connectivity index (χ3v) is 10.1. The lowest BCUT2D eigenvalue weighted by Crippen LogP contribution is -1.91. The van der Waals surface area contributed by atoms with E-state index in [1.54, 1.807) is 0 Å². The second-order valence-corrected chi connectivity index (χ2v) is 13.7. The minimum atomic E-state index is 0.966. The summed E-state index contributed by atoms with van der Waals surface area (Å²) in [6, 6.07) is 68.4. The van der Waals surface area contributed by atoms with E-state index in [2.05, 4.69) is 167 Å². The van der Waals surface area contributed by atoms with Gasteiger partial charge in [0.15, 0.2) is 0 Å². The van der Waals surface area contributed by atoms with Crippen LogP contribution in [0, 0.1) is 0 Å². The van der Waals surface area contributed by atoms with Gasteiger partial charge in [-0.2, -0.15) is 0 Å². The molecule has 56 heavy (non-hydrogen) atoms. The predicted octanol–water partition coefficient (Wildman–Crippen LogP) is 13.7. The topological polar surface area (TPSA) is 38.7 Å². The maximum absolute atomic E-state index is 4.56. The van der Waals surface area contributed by atoms with Gasteiger partial charge in [0.2, 0.25) is 0 Å². The highest BCUT2D eigenvalue weighted by molar-refractivity contribution is 5.91. The Hall–Kier alpha value is -7.49. The highest BCUT2D eigenvalue weighted by Crippen LogP contribution is 2.39. The number of aromatic nitrogens is 3. The third kappa shape index (κ3) is 7.48. The van der Waals surface area contributed by atoms with Crippen LogP contribution in [0.15, 0.2) is 213 Å². The maximum Gasteiger partial charge on any atom is 0.0701 e. The van der Waals surface area contributed by atoms with Crippen molar-refractivity contribution in [3.63, 3.8) is 0 Å². The fourth-order valence-electron chi connectivity index (χ4n) is 7.23. The summed E-state index contributed by atoms with van der Waals surface area (Å²) in [7, 11) is 0. The molecule has 0 spiro atoms. The van der Waals surface area contributed by atoms with Crippen LogP contribution >= 0.6 is 0 Å². The number of nitrogens with zero attached hydrogens (tertiary/aromatic N) is 3. The molecule has 0 aliphatic heterocycles. The van der Waals surface area contributed by atoms with Crippen molar-refractivity contribution < 1.29 is 0 Å². The molecule has 264 valence electrons. The van der Waals surface area contributed by atoms with E-state index in [9.17, 15) is 0 Å². The Morgan fingerprint density at radius 2 is 0.571 bits per heavy atom. The molecule has 0 unspecified atom stereocenters. The molecular weight excluding hydrogens is 679 g/mol. The summed E-state index contributed by atoms with van der Waals surface area (Å²) in [4.78, 5) is 13.6. The van der Waals surface area contributed by atoms with E-state index in [0.29, 0.717) is 0 Å². The molecule has 0 radical (unpaired) electrons. The Kier molecular flexibility index (Phi) is 9.71. The lowest BCUT2D eigenvalue weighted by molar-refractivity contribution is 1.33.